The van der Waals surface area contributed by atoms with Gasteiger partial charge in [-0.3, -0.25) is 9.59 Å². The van der Waals surface area contributed by atoms with Crippen molar-refractivity contribution >= 4 is 39.4 Å². The Morgan fingerprint density at radius 2 is 2.10 bits per heavy atom. The molecular formula is C15H17BrClNO3. The zero-order valence-electron chi connectivity index (χ0n) is 11.9. The van der Waals surface area contributed by atoms with E-state index in [4.69, 9.17) is 11.6 Å². The molecular weight excluding hydrogens is 358 g/mol. The Bertz CT molecular complexity index is 582. The summed E-state index contributed by atoms with van der Waals surface area (Å²) in [4.78, 5) is 25.6. The molecule has 2 rings (SSSR count). The molecule has 21 heavy (non-hydrogen) atoms. The zero-order chi connectivity index (χ0) is 15.8. The third-order valence-electron chi connectivity index (χ3n) is 3.96. The van der Waals surface area contributed by atoms with E-state index in [-0.39, 0.29) is 12.5 Å². The van der Waals surface area contributed by atoms with Crippen LogP contribution in [0.1, 0.15) is 35.7 Å². The first-order valence-electron chi connectivity index (χ1n) is 6.73. The van der Waals surface area contributed by atoms with E-state index in [0.29, 0.717) is 30.0 Å². The maximum atomic E-state index is 12.6. The Labute approximate surface area is 137 Å². The summed E-state index contributed by atoms with van der Waals surface area (Å²) in [6, 6.07) is 3.39. The number of carbonyl (C=O) groups is 2. The monoisotopic (exact) mass is 373 g/mol. The highest BCUT2D eigenvalue weighted by atomic mass is 79.9. The lowest BCUT2D eigenvalue weighted by molar-refractivity contribution is -0.150. The van der Waals surface area contributed by atoms with Crippen molar-refractivity contribution in [3.8, 4) is 0 Å². The lowest BCUT2D eigenvalue weighted by Crippen LogP contribution is -2.48. The molecule has 0 bridgehead atoms. The molecule has 0 saturated carbocycles. The van der Waals surface area contributed by atoms with Crippen LogP contribution >= 0.6 is 27.5 Å². The maximum Gasteiger partial charge on any atom is 0.311 e. The van der Waals surface area contributed by atoms with Crippen molar-refractivity contribution in [3.05, 3.63) is 32.8 Å². The summed E-state index contributed by atoms with van der Waals surface area (Å²) in [5.41, 5.74) is 0.501. The van der Waals surface area contributed by atoms with Crippen LogP contribution in [0.3, 0.4) is 0 Å². The van der Waals surface area contributed by atoms with Gasteiger partial charge in [-0.2, -0.15) is 0 Å². The SMILES string of the molecule is Cc1cc(C(=O)N2CCCC(C)(C(=O)O)C2)cc(Cl)c1Br. The predicted molar refractivity (Wildman–Crippen MR) is 84.8 cm³/mol. The number of halogens is 2. The molecule has 1 fully saturated rings. The van der Waals surface area contributed by atoms with Crippen molar-refractivity contribution in [1.82, 2.24) is 4.90 Å². The third-order valence-corrected chi connectivity index (χ3v) is 5.54. The molecule has 1 saturated heterocycles. The molecule has 1 aromatic carbocycles. The average molecular weight is 375 g/mol. The summed E-state index contributed by atoms with van der Waals surface area (Å²) in [5, 5.41) is 9.81. The minimum Gasteiger partial charge on any atom is -0.481 e. The molecule has 0 spiro atoms. The van der Waals surface area contributed by atoms with E-state index in [0.717, 1.165) is 10.0 Å². The second kappa shape index (κ2) is 5.97. The Hall–Kier alpha value is -1.07. The molecule has 1 aromatic rings. The minimum atomic E-state index is -0.873. The number of carbonyl (C=O) groups excluding carboxylic acids is 1. The molecule has 4 nitrogen and oxygen atoms in total. The van der Waals surface area contributed by atoms with Crippen LogP contribution in [0.15, 0.2) is 16.6 Å². The molecule has 1 amide bonds. The van der Waals surface area contributed by atoms with Crippen molar-refractivity contribution in [2.75, 3.05) is 13.1 Å². The number of nitrogens with zero attached hydrogens (tertiary/aromatic N) is 1. The van der Waals surface area contributed by atoms with E-state index < -0.39 is 11.4 Å². The number of aliphatic carboxylic acids is 1. The molecule has 1 unspecified atom stereocenters. The van der Waals surface area contributed by atoms with E-state index in [2.05, 4.69) is 15.9 Å². The highest BCUT2D eigenvalue weighted by Gasteiger charge is 2.39. The molecule has 0 aromatic heterocycles. The Morgan fingerprint density at radius 3 is 2.67 bits per heavy atom. The number of carboxylic acid groups (broad SMARTS) is 1. The summed E-state index contributed by atoms with van der Waals surface area (Å²) in [7, 11) is 0. The molecule has 114 valence electrons. The van der Waals surface area contributed by atoms with Gasteiger partial charge in [0, 0.05) is 23.1 Å². The Kier molecular flexibility index (Phi) is 4.63. The summed E-state index contributed by atoms with van der Waals surface area (Å²) < 4.78 is 0.773. The fourth-order valence-corrected chi connectivity index (χ4v) is 3.12. The van der Waals surface area contributed by atoms with Crippen molar-refractivity contribution in [2.45, 2.75) is 26.7 Å². The molecule has 0 aliphatic carbocycles. The standard InChI is InChI=1S/C15H17BrClNO3/c1-9-6-10(7-11(17)12(9)16)13(19)18-5-3-4-15(2,8-18)14(20)21/h6-7H,3-5,8H2,1-2H3,(H,20,21). The van der Waals surface area contributed by atoms with Crippen molar-refractivity contribution < 1.29 is 14.7 Å². The number of aryl methyl sites for hydroxylation is 1. The minimum absolute atomic E-state index is 0.167. The summed E-state index contributed by atoms with van der Waals surface area (Å²) in [5.74, 6) is -1.02. The summed E-state index contributed by atoms with van der Waals surface area (Å²) in [6.07, 6.45) is 1.28. The van der Waals surface area contributed by atoms with Crippen LogP contribution in [0.5, 0.6) is 0 Å². The van der Waals surface area contributed by atoms with E-state index in [1.54, 1.807) is 24.0 Å². The topological polar surface area (TPSA) is 57.6 Å². The largest absolute Gasteiger partial charge is 0.481 e. The third kappa shape index (κ3) is 3.24. The predicted octanol–water partition coefficient (Wildman–Crippen LogP) is 3.74. The first-order chi connectivity index (χ1) is 9.74. The number of amides is 1. The molecule has 0 radical (unpaired) electrons. The van der Waals surface area contributed by atoms with E-state index in [1.807, 2.05) is 6.92 Å². The molecule has 6 heteroatoms. The van der Waals surface area contributed by atoms with Gasteiger partial charge in [-0.05, 0) is 60.3 Å². The van der Waals surface area contributed by atoms with Crippen LogP contribution in [0, 0.1) is 12.3 Å². The van der Waals surface area contributed by atoms with Crippen LogP contribution in [-0.2, 0) is 4.79 Å². The van der Waals surface area contributed by atoms with Gasteiger partial charge in [0.25, 0.3) is 5.91 Å². The van der Waals surface area contributed by atoms with Gasteiger partial charge in [0.05, 0.1) is 10.4 Å². The lowest BCUT2D eigenvalue weighted by Gasteiger charge is -2.37. The number of hydrogen-bond acceptors (Lipinski definition) is 2. The van der Waals surface area contributed by atoms with E-state index in [9.17, 15) is 14.7 Å². The van der Waals surface area contributed by atoms with Gasteiger partial charge in [-0.15, -0.1) is 0 Å². The number of hydrogen-bond donors (Lipinski definition) is 1. The first-order valence-corrected chi connectivity index (χ1v) is 7.90. The number of benzene rings is 1. The van der Waals surface area contributed by atoms with Crippen molar-refractivity contribution in [2.24, 2.45) is 5.41 Å². The number of likely N-dealkylation sites (tertiary alicyclic amines) is 1. The molecule has 1 N–H and O–H groups in total. The van der Waals surface area contributed by atoms with Crippen LogP contribution in [-0.4, -0.2) is 35.0 Å². The van der Waals surface area contributed by atoms with E-state index in [1.165, 1.54) is 0 Å². The van der Waals surface area contributed by atoms with Gasteiger partial charge in [0.1, 0.15) is 0 Å². The maximum absolute atomic E-state index is 12.6. The molecule has 1 atom stereocenters. The second-order valence-electron chi connectivity index (χ2n) is 5.79. The van der Waals surface area contributed by atoms with Crippen LogP contribution < -0.4 is 0 Å². The van der Waals surface area contributed by atoms with Crippen LogP contribution in [0.4, 0.5) is 0 Å². The highest BCUT2D eigenvalue weighted by molar-refractivity contribution is 9.10. The fraction of sp³-hybridized carbons (Fsp3) is 0.467. The highest BCUT2D eigenvalue weighted by Crippen LogP contribution is 2.32. The van der Waals surface area contributed by atoms with Crippen molar-refractivity contribution in [1.29, 1.82) is 0 Å². The van der Waals surface area contributed by atoms with Crippen LogP contribution in [0.25, 0.3) is 0 Å². The van der Waals surface area contributed by atoms with Crippen LogP contribution in [0.2, 0.25) is 5.02 Å². The number of piperidine rings is 1. The molecule has 1 aliphatic rings. The van der Waals surface area contributed by atoms with Crippen molar-refractivity contribution in [3.63, 3.8) is 0 Å². The molecule has 1 aliphatic heterocycles. The zero-order valence-corrected chi connectivity index (χ0v) is 14.3. The van der Waals surface area contributed by atoms with Gasteiger partial charge < -0.3 is 10.0 Å². The Morgan fingerprint density at radius 1 is 1.43 bits per heavy atom. The molecule has 1 heterocycles. The van der Waals surface area contributed by atoms with Gasteiger partial charge >= 0.3 is 5.97 Å². The van der Waals surface area contributed by atoms with E-state index >= 15 is 0 Å². The summed E-state index contributed by atoms with van der Waals surface area (Å²) in [6.45, 7) is 4.36. The first kappa shape index (κ1) is 16.3. The quantitative estimate of drug-likeness (QED) is 0.858. The normalized spacial score (nSPS) is 22.2. The number of carboxylic acids is 1. The lowest BCUT2D eigenvalue weighted by atomic mass is 9.82. The average Bonchev–Trinajstić information content (AvgIpc) is 2.43. The van der Waals surface area contributed by atoms with Gasteiger partial charge in [0.2, 0.25) is 0 Å². The number of rotatable bonds is 2. The fourth-order valence-electron chi connectivity index (χ4n) is 2.62. The Balaban J connectivity index is 2.26. The van der Waals surface area contributed by atoms with Gasteiger partial charge in [-0.25, -0.2) is 0 Å². The van der Waals surface area contributed by atoms with Gasteiger partial charge in [-0.1, -0.05) is 11.6 Å². The second-order valence-corrected chi connectivity index (χ2v) is 6.99. The summed E-state index contributed by atoms with van der Waals surface area (Å²) >= 11 is 9.46. The van der Waals surface area contributed by atoms with Gasteiger partial charge in [0.15, 0.2) is 0 Å². The smallest absolute Gasteiger partial charge is 0.311 e.